The second kappa shape index (κ2) is 9.37. The zero-order valence-corrected chi connectivity index (χ0v) is 17.6. The highest BCUT2D eigenvalue weighted by molar-refractivity contribution is 7.18. The minimum Gasteiger partial charge on any atom is -0.497 e. The molecule has 1 amide bonds. The number of hydrogen-bond acceptors (Lipinski definition) is 5. The number of carbonyl (C=O) groups excluding carboxylic acids is 1. The molecule has 0 saturated carbocycles. The minimum atomic E-state index is 0.0852. The summed E-state index contributed by atoms with van der Waals surface area (Å²) in [5.41, 5.74) is 2.24. The lowest BCUT2D eigenvalue weighted by Gasteiger charge is -2.28. The van der Waals surface area contributed by atoms with Crippen molar-refractivity contribution in [2.45, 2.75) is 31.7 Å². The van der Waals surface area contributed by atoms with Gasteiger partial charge in [0.2, 0.25) is 5.91 Å². The minimum absolute atomic E-state index is 0.0852. The normalized spacial score (nSPS) is 15.5. The molecule has 6 heteroatoms. The number of aryl methyl sites for hydroxylation is 1. The summed E-state index contributed by atoms with van der Waals surface area (Å²) in [6, 6.07) is 16.5. The number of ether oxygens (including phenoxy) is 1. The van der Waals surface area contributed by atoms with Gasteiger partial charge in [-0.05, 0) is 55.8 Å². The lowest BCUT2D eigenvalue weighted by Crippen LogP contribution is -2.36. The summed E-state index contributed by atoms with van der Waals surface area (Å²) in [5, 5.41) is 4.18. The number of hydrogen-bond donors (Lipinski definition) is 1. The molecule has 1 N–H and O–H groups in total. The Kier molecular flexibility index (Phi) is 6.42. The Morgan fingerprint density at radius 3 is 2.66 bits per heavy atom. The summed E-state index contributed by atoms with van der Waals surface area (Å²) < 4.78 is 6.46. The number of fused-ring (bicyclic) bond motifs is 1. The topological polar surface area (TPSA) is 54.5 Å². The standard InChI is InChI=1S/C23H27N3O2S/c1-28-18-10-8-17(9-11-18)20(26-14-4-5-15-26)16-24-22(27)12-13-23-25-19-6-2-3-7-21(19)29-23/h2-3,6-11,20H,4-5,12-16H2,1H3,(H,24,27). The van der Waals surface area contributed by atoms with Crippen molar-refractivity contribution in [3.63, 3.8) is 0 Å². The largest absolute Gasteiger partial charge is 0.497 e. The van der Waals surface area contributed by atoms with Crippen LogP contribution < -0.4 is 10.1 Å². The number of methoxy groups -OCH3 is 1. The molecule has 0 spiro atoms. The van der Waals surface area contributed by atoms with Gasteiger partial charge in [-0.3, -0.25) is 9.69 Å². The Labute approximate surface area is 175 Å². The van der Waals surface area contributed by atoms with Crippen molar-refractivity contribution < 1.29 is 9.53 Å². The van der Waals surface area contributed by atoms with Crippen molar-refractivity contribution in [2.75, 3.05) is 26.7 Å². The zero-order chi connectivity index (χ0) is 20.1. The Hall–Kier alpha value is -2.44. The van der Waals surface area contributed by atoms with Crippen LogP contribution >= 0.6 is 11.3 Å². The highest BCUT2D eigenvalue weighted by atomic mass is 32.1. The van der Waals surface area contributed by atoms with Crippen LogP contribution in [0.4, 0.5) is 0 Å². The van der Waals surface area contributed by atoms with E-state index in [9.17, 15) is 4.79 Å². The Morgan fingerprint density at radius 1 is 1.17 bits per heavy atom. The number of benzene rings is 2. The second-order valence-corrected chi connectivity index (χ2v) is 8.53. The molecule has 0 aliphatic carbocycles. The molecule has 5 nitrogen and oxygen atoms in total. The van der Waals surface area contributed by atoms with Gasteiger partial charge < -0.3 is 10.1 Å². The Balaban J connectivity index is 1.35. The highest BCUT2D eigenvalue weighted by Gasteiger charge is 2.24. The van der Waals surface area contributed by atoms with Crippen LogP contribution in [0, 0.1) is 0 Å². The number of rotatable bonds is 8. The van der Waals surface area contributed by atoms with Crippen LogP contribution in [0.1, 0.15) is 35.9 Å². The molecule has 152 valence electrons. The first kappa shape index (κ1) is 19.9. The molecular formula is C23H27N3O2S. The summed E-state index contributed by atoms with van der Waals surface area (Å²) >= 11 is 1.67. The summed E-state index contributed by atoms with van der Waals surface area (Å²) in [4.78, 5) is 19.6. The van der Waals surface area contributed by atoms with Gasteiger partial charge in [-0.1, -0.05) is 24.3 Å². The number of carbonyl (C=O) groups is 1. The fourth-order valence-corrected chi connectivity index (χ4v) is 4.85. The fraction of sp³-hybridized carbons (Fsp3) is 0.391. The number of amides is 1. The van der Waals surface area contributed by atoms with Crippen LogP contribution in [0.5, 0.6) is 5.75 Å². The monoisotopic (exact) mass is 409 g/mol. The van der Waals surface area contributed by atoms with Crippen molar-refractivity contribution in [1.82, 2.24) is 15.2 Å². The Morgan fingerprint density at radius 2 is 1.93 bits per heavy atom. The molecule has 2 aromatic carbocycles. The van der Waals surface area contributed by atoms with E-state index in [4.69, 9.17) is 4.74 Å². The average Bonchev–Trinajstić information content (AvgIpc) is 3.42. The van der Waals surface area contributed by atoms with Crippen LogP contribution in [-0.2, 0) is 11.2 Å². The molecule has 3 aromatic rings. The third-order valence-corrected chi connectivity index (χ3v) is 6.57. The third-order valence-electron chi connectivity index (χ3n) is 5.48. The van der Waals surface area contributed by atoms with Crippen LogP contribution in [0.3, 0.4) is 0 Å². The van der Waals surface area contributed by atoms with Gasteiger partial charge in [0.05, 0.1) is 28.4 Å². The highest BCUT2D eigenvalue weighted by Crippen LogP contribution is 2.26. The van der Waals surface area contributed by atoms with Crippen molar-refractivity contribution in [3.8, 4) is 5.75 Å². The van der Waals surface area contributed by atoms with Crippen molar-refractivity contribution >= 4 is 27.5 Å². The van der Waals surface area contributed by atoms with E-state index in [2.05, 4.69) is 33.4 Å². The van der Waals surface area contributed by atoms with Gasteiger partial charge in [0.25, 0.3) is 0 Å². The predicted octanol–water partition coefficient (Wildman–Crippen LogP) is 4.19. The van der Waals surface area contributed by atoms with E-state index in [1.807, 2.05) is 30.3 Å². The Bertz CT molecular complexity index is 915. The quantitative estimate of drug-likeness (QED) is 0.606. The van der Waals surface area contributed by atoms with E-state index < -0.39 is 0 Å². The summed E-state index contributed by atoms with van der Waals surface area (Å²) in [7, 11) is 1.68. The molecule has 1 aliphatic heterocycles. The smallest absolute Gasteiger partial charge is 0.220 e. The maximum atomic E-state index is 12.5. The van der Waals surface area contributed by atoms with Crippen LogP contribution in [0.25, 0.3) is 10.2 Å². The maximum absolute atomic E-state index is 12.5. The molecule has 1 atom stereocenters. The molecule has 29 heavy (non-hydrogen) atoms. The van der Waals surface area contributed by atoms with E-state index in [-0.39, 0.29) is 11.9 Å². The molecular weight excluding hydrogens is 382 g/mol. The molecule has 0 radical (unpaired) electrons. The lowest BCUT2D eigenvalue weighted by molar-refractivity contribution is -0.121. The van der Waals surface area contributed by atoms with Gasteiger partial charge in [-0.15, -0.1) is 11.3 Å². The number of aromatic nitrogens is 1. The fourth-order valence-electron chi connectivity index (χ4n) is 3.88. The summed E-state index contributed by atoms with van der Waals surface area (Å²) in [6.07, 6.45) is 3.59. The van der Waals surface area contributed by atoms with E-state index in [0.717, 1.165) is 29.4 Å². The maximum Gasteiger partial charge on any atom is 0.220 e. The SMILES string of the molecule is COc1ccc(C(CNC(=O)CCc2nc3ccccc3s2)N2CCCC2)cc1. The van der Waals surface area contributed by atoms with Crippen LogP contribution in [-0.4, -0.2) is 42.5 Å². The molecule has 4 rings (SSSR count). The average molecular weight is 410 g/mol. The lowest BCUT2D eigenvalue weighted by atomic mass is 10.1. The molecule has 1 aromatic heterocycles. The molecule has 1 aliphatic rings. The van der Waals surface area contributed by atoms with E-state index in [1.165, 1.54) is 23.1 Å². The van der Waals surface area contributed by atoms with Gasteiger partial charge in [-0.25, -0.2) is 4.98 Å². The number of nitrogens with zero attached hydrogens (tertiary/aromatic N) is 2. The molecule has 0 bridgehead atoms. The van der Waals surface area contributed by atoms with E-state index in [1.54, 1.807) is 18.4 Å². The number of thiazole rings is 1. The second-order valence-electron chi connectivity index (χ2n) is 7.41. The third kappa shape index (κ3) is 4.95. The van der Waals surface area contributed by atoms with E-state index >= 15 is 0 Å². The number of para-hydroxylation sites is 1. The van der Waals surface area contributed by atoms with Crippen molar-refractivity contribution in [2.24, 2.45) is 0 Å². The molecule has 1 saturated heterocycles. The van der Waals surface area contributed by atoms with Gasteiger partial charge in [0.1, 0.15) is 5.75 Å². The van der Waals surface area contributed by atoms with Gasteiger partial charge in [-0.2, -0.15) is 0 Å². The first-order chi connectivity index (χ1) is 14.2. The molecule has 1 unspecified atom stereocenters. The summed E-state index contributed by atoms with van der Waals surface area (Å²) in [5.74, 6) is 0.941. The number of likely N-dealkylation sites (tertiary alicyclic amines) is 1. The first-order valence-electron chi connectivity index (χ1n) is 10.2. The van der Waals surface area contributed by atoms with E-state index in [0.29, 0.717) is 19.4 Å². The van der Waals surface area contributed by atoms with Gasteiger partial charge in [0, 0.05) is 19.4 Å². The molecule has 1 fully saturated rings. The summed E-state index contributed by atoms with van der Waals surface area (Å²) in [6.45, 7) is 2.79. The van der Waals surface area contributed by atoms with Gasteiger partial charge in [0.15, 0.2) is 0 Å². The van der Waals surface area contributed by atoms with Crippen molar-refractivity contribution in [3.05, 3.63) is 59.1 Å². The van der Waals surface area contributed by atoms with Crippen molar-refractivity contribution in [1.29, 1.82) is 0 Å². The zero-order valence-electron chi connectivity index (χ0n) is 16.8. The van der Waals surface area contributed by atoms with Crippen LogP contribution in [0.15, 0.2) is 48.5 Å². The molecule has 2 heterocycles. The van der Waals surface area contributed by atoms with Crippen LogP contribution in [0.2, 0.25) is 0 Å². The number of nitrogens with one attached hydrogen (secondary N) is 1. The first-order valence-corrected chi connectivity index (χ1v) is 11.0. The predicted molar refractivity (Wildman–Crippen MR) is 117 cm³/mol. The van der Waals surface area contributed by atoms with Gasteiger partial charge >= 0.3 is 0 Å².